The number of imidazole rings is 1. The number of rotatable bonds is 15. The fourth-order valence-corrected chi connectivity index (χ4v) is 8.88. The number of ether oxygens (including phenoxy) is 2. The topological polar surface area (TPSA) is 116 Å². The van der Waals surface area contributed by atoms with Gasteiger partial charge in [0.25, 0.3) is 0 Å². The van der Waals surface area contributed by atoms with Crippen molar-refractivity contribution in [1.29, 1.82) is 0 Å². The van der Waals surface area contributed by atoms with Crippen molar-refractivity contribution in [1.82, 2.24) is 29.0 Å². The van der Waals surface area contributed by atoms with E-state index in [0.29, 0.717) is 30.4 Å². The van der Waals surface area contributed by atoms with Crippen molar-refractivity contribution in [3.63, 3.8) is 0 Å². The normalized spacial score (nSPS) is 23.4. The molecular formula is C41H65N7O3S. The van der Waals surface area contributed by atoms with Crippen molar-refractivity contribution in [2.45, 2.75) is 117 Å². The van der Waals surface area contributed by atoms with Gasteiger partial charge in [-0.05, 0) is 119 Å². The number of aliphatic hydroxyl groups is 1. The first kappa shape index (κ1) is 39.0. The first-order valence-corrected chi connectivity index (χ1v) is 22.3. The minimum absolute atomic E-state index is 0.0594. The Morgan fingerprint density at radius 1 is 1.00 bits per heavy atom. The van der Waals surface area contributed by atoms with Gasteiger partial charge in [0.05, 0.1) is 29.1 Å². The largest absolute Gasteiger partial charge is 0.383 e. The molecule has 3 atom stereocenters. The van der Waals surface area contributed by atoms with E-state index < -0.39 is 15.8 Å². The molecule has 1 aromatic carbocycles. The van der Waals surface area contributed by atoms with E-state index in [0.717, 1.165) is 67.1 Å². The second-order valence-electron chi connectivity index (χ2n) is 18.4. The lowest BCUT2D eigenvalue weighted by atomic mass is 9.72. The van der Waals surface area contributed by atoms with Gasteiger partial charge in [-0.1, -0.05) is 26.8 Å². The zero-order valence-electron chi connectivity index (χ0n) is 33.4. The Morgan fingerprint density at radius 2 is 1.75 bits per heavy atom. The summed E-state index contributed by atoms with van der Waals surface area (Å²) in [5.74, 6) is 3.13. The number of nitrogens with two attached hydrogens (primary N) is 1. The number of nitrogen functional groups attached to an aromatic ring is 1. The lowest BCUT2D eigenvalue weighted by Crippen LogP contribution is -2.45. The highest BCUT2D eigenvalue weighted by atomic mass is 32.3. The SMILES string of the molecule is CC(C)N(CC1CC(Cc2nc3cc(C(C)(C)C)ccc3n2COCCS(C)(C)C)C1)CC1CC(n2ccc3c(N)ncnc32)C[C@@H]1OC(C)(C)O. The molecular weight excluding hydrogens is 671 g/mol. The number of fused-ring (bicyclic) bond motifs is 2. The number of benzene rings is 1. The Morgan fingerprint density at radius 3 is 2.42 bits per heavy atom. The monoisotopic (exact) mass is 735 g/mol. The molecule has 3 N–H and O–H groups in total. The van der Waals surface area contributed by atoms with Gasteiger partial charge in [0.2, 0.25) is 0 Å². The molecule has 0 saturated heterocycles. The number of hydrogen-bond acceptors (Lipinski definition) is 8. The maximum Gasteiger partial charge on any atom is 0.160 e. The minimum atomic E-state index is -1.20. The maximum atomic E-state index is 10.7. The molecule has 2 fully saturated rings. The molecule has 52 heavy (non-hydrogen) atoms. The van der Waals surface area contributed by atoms with Crippen LogP contribution in [0.2, 0.25) is 0 Å². The molecule has 0 spiro atoms. The molecule has 4 aromatic rings. The molecule has 2 saturated carbocycles. The average Bonchev–Trinajstić information content (AvgIpc) is 3.71. The van der Waals surface area contributed by atoms with Crippen molar-refractivity contribution in [2.75, 3.05) is 50.0 Å². The second kappa shape index (κ2) is 15.2. The van der Waals surface area contributed by atoms with Crippen LogP contribution in [0.4, 0.5) is 5.82 Å². The Labute approximate surface area is 313 Å². The van der Waals surface area contributed by atoms with Gasteiger partial charge in [0.1, 0.15) is 30.3 Å². The summed E-state index contributed by atoms with van der Waals surface area (Å²) in [7, 11) is -0.600. The molecule has 0 bridgehead atoms. The molecule has 2 aliphatic rings. The van der Waals surface area contributed by atoms with Crippen LogP contribution in [0.1, 0.15) is 91.6 Å². The average molecular weight is 736 g/mol. The fraction of sp³-hybridized carbons (Fsp3) is 0.683. The lowest BCUT2D eigenvalue weighted by molar-refractivity contribution is -0.213. The summed E-state index contributed by atoms with van der Waals surface area (Å²) >= 11 is 0. The molecule has 2 unspecified atom stereocenters. The Hall–Kier alpha value is -2.70. The van der Waals surface area contributed by atoms with E-state index in [1.54, 1.807) is 20.2 Å². The van der Waals surface area contributed by atoms with Crippen LogP contribution in [0.3, 0.4) is 0 Å². The zero-order valence-corrected chi connectivity index (χ0v) is 34.2. The van der Waals surface area contributed by atoms with Gasteiger partial charge in [-0.3, -0.25) is 0 Å². The first-order valence-electron chi connectivity index (χ1n) is 19.3. The summed E-state index contributed by atoms with van der Waals surface area (Å²) < 4.78 is 17.2. The summed E-state index contributed by atoms with van der Waals surface area (Å²) in [6, 6.07) is 9.43. The number of aromatic nitrogens is 5. The van der Waals surface area contributed by atoms with E-state index in [9.17, 15) is 5.11 Å². The highest BCUT2D eigenvalue weighted by Gasteiger charge is 2.41. The predicted molar refractivity (Wildman–Crippen MR) is 216 cm³/mol. The molecule has 2 aliphatic carbocycles. The second-order valence-corrected chi connectivity index (χ2v) is 23.0. The molecule has 0 radical (unpaired) electrons. The van der Waals surface area contributed by atoms with Gasteiger partial charge in [-0.15, -0.1) is 0 Å². The van der Waals surface area contributed by atoms with Crippen molar-refractivity contribution in [2.24, 2.45) is 17.8 Å². The van der Waals surface area contributed by atoms with Crippen LogP contribution in [0.25, 0.3) is 22.1 Å². The van der Waals surface area contributed by atoms with Crippen LogP contribution < -0.4 is 5.73 Å². The van der Waals surface area contributed by atoms with Crippen molar-refractivity contribution < 1.29 is 14.6 Å². The van der Waals surface area contributed by atoms with E-state index in [2.05, 4.69) is 102 Å². The summed E-state index contributed by atoms with van der Waals surface area (Å²) in [6.45, 7) is 18.2. The molecule has 288 valence electrons. The third-order valence-corrected chi connectivity index (χ3v) is 12.6. The first-order chi connectivity index (χ1) is 24.3. The molecule has 6 rings (SSSR count). The predicted octanol–water partition coefficient (Wildman–Crippen LogP) is 7.37. The Balaban J connectivity index is 1.11. The van der Waals surface area contributed by atoms with Crippen LogP contribution >= 0.6 is 10.0 Å². The van der Waals surface area contributed by atoms with Crippen LogP contribution in [0, 0.1) is 17.8 Å². The van der Waals surface area contributed by atoms with E-state index in [-0.39, 0.29) is 23.5 Å². The maximum absolute atomic E-state index is 10.7. The van der Waals surface area contributed by atoms with Gasteiger partial charge in [-0.2, -0.15) is 0 Å². The van der Waals surface area contributed by atoms with Crippen molar-refractivity contribution >= 4 is 37.9 Å². The van der Waals surface area contributed by atoms with Gasteiger partial charge in [-0.25, -0.2) is 25.0 Å². The Kier molecular flexibility index (Phi) is 11.4. The zero-order chi connectivity index (χ0) is 37.6. The fourth-order valence-electron chi connectivity index (χ4n) is 8.26. The van der Waals surface area contributed by atoms with Gasteiger partial charge < -0.3 is 34.3 Å². The highest BCUT2D eigenvalue weighted by Crippen LogP contribution is 2.42. The van der Waals surface area contributed by atoms with Gasteiger partial charge >= 0.3 is 0 Å². The van der Waals surface area contributed by atoms with Crippen molar-refractivity contribution in [3.05, 3.63) is 48.2 Å². The van der Waals surface area contributed by atoms with Crippen LogP contribution in [-0.2, 0) is 28.0 Å². The molecule has 0 amide bonds. The minimum Gasteiger partial charge on any atom is -0.383 e. The summed E-state index contributed by atoms with van der Waals surface area (Å²) in [5, 5.41) is 11.6. The lowest BCUT2D eigenvalue weighted by Gasteiger charge is -2.41. The summed E-state index contributed by atoms with van der Waals surface area (Å²) in [5.41, 5.74) is 10.7. The highest BCUT2D eigenvalue weighted by molar-refractivity contribution is 8.32. The van der Waals surface area contributed by atoms with E-state index >= 15 is 0 Å². The van der Waals surface area contributed by atoms with Crippen LogP contribution in [-0.4, -0.2) is 96.2 Å². The molecule has 3 aromatic heterocycles. The van der Waals surface area contributed by atoms with E-state index in [1.807, 2.05) is 6.07 Å². The number of nitrogens with zero attached hydrogens (tertiary/aromatic N) is 6. The third kappa shape index (κ3) is 9.32. The van der Waals surface area contributed by atoms with E-state index in [4.69, 9.17) is 20.2 Å². The molecule has 0 aliphatic heterocycles. The molecule has 10 nitrogen and oxygen atoms in total. The molecule has 11 heteroatoms. The standard InChI is InChI=1S/C41H65N7O3S/c1-27(2)46(24-30-20-32(22-36(30)51-41(6,7)49)47-14-13-33-38(42)43-25-44-39(33)47)23-29-17-28(18-29)19-37-45-34-21-31(40(3,4)5)11-12-35(34)48(37)26-50-15-16-52(8,9)10/h11-14,21,25,27-30,32,36,49H,15-20,22-24,26H2,1-10H3,(H2,42,43,44)/t28?,29?,30?,32?,36-/m0/s1. The quantitative estimate of drug-likeness (QED) is 0.0961. The number of hydrogen-bond donors (Lipinski definition) is 2. The smallest absolute Gasteiger partial charge is 0.160 e. The van der Waals surface area contributed by atoms with Gasteiger partial charge in [0.15, 0.2) is 5.79 Å². The van der Waals surface area contributed by atoms with Crippen molar-refractivity contribution in [3.8, 4) is 0 Å². The Bertz CT molecular complexity index is 1810. The van der Waals surface area contributed by atoms with Crippen LogP contribution in [0.5, 0.6) is 0 Å². The van der Waals surface area contributed by atoms with Gasteiger partial charge in [0, 0.05) is 43.5 Å². The molecule has 3 heterocycles. The summed E-state index contributed by atoms with van der Waals surface area (Å²) in [6.07, 6.45) is 15.8. The van der Waals surface area contributed by atoms with E-state index in [1.165, 1.54) is 23.9 Å². The third-order valence-electron chi connectivity index (χ3n) is 11.2. The number of anilines is 1. The summed E-state index contributed by atoms with van der Waals surface area (Å²) in [4.78, 5) is 16.6. The van der Waals surface area contributed by atoms with Crippen LogP contribution in [0.15, 0.2) is 36.8 Å².